The van der Waals surface area contributed by atoms with Crippen LogP contribution in [-0.4, -0.2) is 71.2 Å². The molecule has 1 unspecified atom stereocenters. The molecule has 7 nitrogen and oxygen atoms in total. The number of hydrogen-bond acceptors (Lipinski definition) is 6. The number of aliphatic imine (C=N–C) groups is 1. The highest BCUT2D eigenvalue weighted by Crippen LogP contribution is 2.26. The average Bonchev–Trinajstić information content (AvgIpc) is 3.19. The maximum absolute atomic E-state index is 10.5. The first kappa shape index (κ1) is 22.6. The second kappa shape index (κ2) is 11.4. The summed E-state index contributed by atoms with van der Waals surface area (Å²) in [4.78, 5) is 13.6. The van der Waals surface area contributed by atoms with Gasteiger partial charge in [0.05, 0.1) is 6.10 Å². The third-order valence-corrected chi connectivity index (χ3v) is 6.31. The second-order valence-corrected chi connectivity index (χ2v) is 7.94. The summed E-state index contributed by atoms with van der Waals surface area (Å²) in [6, 6.07) is 0. The van der Waals surface area contributed by atoms with Gasteiger partial charge in [-0.15, -0.1) is 24.0 Å². The van der Waals surface area contributed by atoms with Crippen LogP contribution in [-0.2, 0) is 6.42 Å². The van der Waals surface area contributed by atoms with Gasteiger partial charge >= 0.3 is 0 Å². The number of piperazine rings is 1. The average molecular weight is 508 g/mol. The topological polar surface area (TPSA) is 76.9 Å². The number of hydrogen-bond donors (Lipinski definition) is 2. The highest BCUT2D eigenvalue weighted by molar-refractivity contribution is 14.0. The molecule has 0 spiro atoms. The highest BCUT2D eigenvalue weighted by Gasteiger charge is 2.24. The normalized spacial score (nSPS) is 20.3. The zero-order valence-corrected chi connectivity index (χ0v) is 19.6. The Hall–Kier alpha value is -0.680. The van der Waals surface area contributed by atoms with E-state index in [1.165, 1.54) is 30.8 Å². The van der Waals surface area contributed by atoms with Crippen molar-refractivity contribution in [1.29, 1.82) is 0 Å². The molecule has 2 heterocycles. The van der Waals surface area contributed by atoms with Gasteiger partial charge in [-0.3, -0.25) is 4.99 Å². The minimum absolute atomic E-state index is 0. The summed E-state index contributed by atoms with van der Waals surface area (Å²) in [5.74, 6) is 2.27. The summed E-state index contributed by atoms with van der Waals surface area (Å²) >= 11 is 1.49. The molecule has 1 saturated heterocycles. The van der Waals surface area contributed by atoms with Gasteiger partial charge in [0.15, 0.2) is 5.96 Å². The van der Waals surface area contributed by atoms with E-state index in [0.29, 0.717) is 12.5 Å². The van der Waals surface area contributed by atoms with Crippen molar-refractivity contribution in [2.75, 3.05) is 44.7 Å². The van der Waals surface area contributed by atoms with Crippen molar-refractivity contribution in [2.24, 2.45) is 10.9 Å². The number of aryl methyl sites for hydroxylation is 1. The fourth-order valence-corrected chi connectivity index (χ4v) is 4.64. The lowest BCUT2D eigenvalue weighted by Gasteiger charge is -2.36. The molecular weight excluding hydrogens is 475 g/mol. The molecule has 1 aromatic heterocycles. The molecule has 0 amide bonds. The highest BCUT2D eigenvalue weighted by atomic mass is 127. The first-order valence-electron chi connectivity index (χ1n) is 9.92. The van der Waals surface area contributed by atoms with Gasteiger partial charge in [0.1, 0.15) is 5.82 Å². The largest absolute Gasteiger partial charge is 0.391 e. The molecule has 1 atom stereocenters. The van der Waals surface area contributed by atoms with E-state index in [2.05, 4.69) is 36.4 Å². The van der Waals surface area contributed by atoms with Crippen LogP contribution in [0.4, 0.5) is 5.13 Å². The molecule has 9 heteroatoms. The summed E-state index contributed by atoms with van der Waals surface area (Å²) in [6.45, 7) is 6.32. The Morgan fingerprint density at radius 3 is 2.56 bits per heavy atom. The number of rotatable bonds is 5. The van der Waals surface area contributed by atoms with E-state index in [-0.39, 0.29) is 30.1 Å². The molecule has 2 N–H and O–H groups in total. The van der Waals surface area contributed by atoms with Gasteiger partial charge in [-0.05, 0) is 18.8 Å². The first-order chi connectivity index (χ1) is 12.7. The molecule has 0 bridgehead atoms. The molecule has 1 aromatic rings. The Morgan fingerprint density at radius 1 is 1.26 bits per heavy atom. The molecule has 2 fully saturated rings. The van der Waals surface area contributed by atoms with Crippen molar-refractivity contribution in [3.8, 4) is 0 Å². The van der Waals surface area contributed by atoms with Crippen LogP contribution < -0.4 is 10.2 Å². The molecule has 154 valence electrons. The quantitative estimate of drug-likeness (QED) is 0.362. The van der Waals surface area contributed by atoms with E-state index in [1.54, 1.807) is 0 Å². The molecule has 0 radical (unpaired) electrons. The van der Waals surface area contributed by atoms with E-state index in [1.807, 2.05) is 7.05 Å². The van der Waals surface area contributed by atoms with E-state index >= 15 is 0 Å². The van der Waals surface area contributed by atoms with Crippen LogP contribution in [0.2, 0.25) is 0 Å². The monoisotopic (exact) mass is 508 g/mol. The summed E-state index contributed by atoms with van der Waals surface area (Å²) in [7, 11) is 1.82. The lowest BCUT2D eigenvalue weighted by atomic mass is 9.85. The summed E-state index contributed by atoms with van der Waals surface area (Å²) < 4.78 is 4.38. The van der Waals surface area contributed by atoms with E-state index in [9.17, 15) is 5.11 Å². The van der Waals surface area contributed by atoms with E-state index < -0.39 is 0 Å². The van der Waals surface area contributed by atoms with Crippen LogP contribution in [0, 0.1) is 5.92 Å². The van der Waals surface area contributed by atoms with E-state index in [4.69, 9.17) is 0 Å². The summed E-state index contributed by atoms with van der Waals surface area (Å²) in [5.41, 5.74) is 0. The van der Waals surface area contributed by atoms with Crippen LogP contribution in [0.25, 0.3) is 0 Å². The number of aliphatic hydroxyl groups excluding tert-OH is 1. The van der Waals surface area contributed by atoms with Gasteiger partial charge in [-0.2, -0.15) is 4.37 Å². The van der Waals surface area contributed by atoms with Gasteiger partial charge in [-0.25, -0.2) is 4.98 Å². The smallest absolute Gasteiger partial charge is 0.205 e. The van der Waals surface area contributed by atoms with Gasteiger partial charge in [0.2, 0.25) is 5.13 Å². The van der Waals surface area contributed by atoms with Crippen LogP contribution >= 0.6 is 35.5 Å². The van der Waals surface area contributed by atoms with Crippen molar-refractivity contribution >= 4 is 46.6 Å². The SMILES string of the molecule is CCc1nsc(N2CCN(C(=NC)NCC(O)C3CCCCC3)CC2)n1.I. The minimum Gasteiger partial charge on any atom is -0.391 e. The number of nitrogens with one attached hydrogen (secondary N) is 1. The lowest BCUT2D eigenvalue weighted by Crippen LogP contribution is -2.53. The fourth-order valence-electron chi connectivity index (χ4n) is 3.84. The predicted molar refractivity (Wildman–Crippen MR) is 122 cm³/mol. The number of nitrogens with zero attached hydrogens (tertiary/aromatic N) is 5. The number of anilines is 1. The number of aliphatic hydroxyl groups is 1. The maximum atomic E-state index is 10.5. The fraction of sp³-hybridized carbons (Fsp3) is 0.833. The first-order valence-corrected chi connectivity index (χ1v) is 10.7. The van der Waals surface area contributed by atoms with Crippen LogP contribution in [0.5, 0.6) is 0 Å². The van der Waals surface area contributed by atoms with Crippen molar-refractivity contribution in [3.63, 3.8) is 0 Å². The summed E-state index contributed by atoms with van der Waals surface area (Å²) in [6.07, 6.45) is 6.74. The molecule has 1 aliphatic carbocycles. The lowest BCUT2D eigenvalue weighted by molar-refractivity contribution is 0.0873. The van der Waals surface area contributed by atoms with E-state index in [0.717, 1.165) is 62.4 Å². The second-order valence-electron chi connectivity index (χ2n) is 7.21. The number of guanidine groups is 1. The zero-order chi connectivity index (χ0) is 18.4. The molecular formula is C18H33IN6OS. The number of halogens is 1. The Kier molecular flexibility index (Phi) is 9.51. The van der Waals surface area contributed by atoms with Crippen molar-refractivity contribution in [1.82, 2.24) is 19.6 Å². The van der Waals surface area contributed by atoms with Crippen molar-refractivity contribution in [2.45, 2.75) is 51.6 Å². The third-order valence-electron chi connectivity index (χ3n) is 5.50. The van der Waals surface area contributed by atoms with Crippen LogP contribution in [0.1, 0.15) is 44.9 Å². The van der Waals surface area contributed by atoms with Gasteiger partial charge < -0.3 is 20.2 Å². The third kappa shape index (κ3) is 6.15. The molecule has 3 rings (SSSR count). The Morgan fingerprint density at radius 2 is 1.96 bits per heavy atom. The zero-order valence-electron chi connectivity index (χ0n) is 16.4. The molecule has 1 saturated carbocycles. The van der Waals surface area contributed by atoms with Crippen LogP contribution in [0.3, 0.4) is 0 Å². The summed E-state index contributed by atoms with van der Waals surface area (Å²) in [5, 5.41) is 14.9. The Balaban J connectivity index is 0.00000261. The van der Waals surface area contributed by atoms with Gasteiger partial charge in [-0.1, -0.05) is 26.2 Å². The van der Waals surface area contributed by atoms with Crippen molar-refractivity contribution < 1.29 is 5.11 Å². The molecule has 0 aromatic carbocycles. The van der Waals surface area contributed by atoms with Crippen molar-refractivity contribution in [3.05, 3.63) is 5.82 Å². The maximum Gasteiger partial charge on any atom is 0.205 e. The molecule has 1 aliphatic heterocycles. The number of aromatic nitrogens is 2. The Labute approximate surface area is 183 Å². The molecule has 27 heavy (non-hydrogen) atoms. The minimum atomic E-state index is -0.276. The van der Waals surface area contributed by atoms with Crippen LogP contribution in [0.15, 0.2) is 4.99 Å². The Bertz CT molecular complexity index is 584. The van der Waals surface area contributed by atoms with Gasteiger partial charge in [0, 0.05) is 57.7 Å². The van der Waals surface area contributed by atoms with Gasteiger partial charge in [0.25, 0.3) is 0 Å². The standard InChI is InChI=1S/C18H32N6OS.HI/c1-3-16-21-18(26-22-16)24-11-9-23(10-12-24)17(19-2)20-13-15(25)14-7-5-4-6-8-14;/h14-15,25H,3-13H2,1-2H3,(H,19,20);1H. The molecule has 2 aliphatic rings. The predicted octanol–water partition coefficient (Wildman–Crippen LogP) is 2.36.